The second-order valence-corrected chi connectivity index (χ2v) is 9.45. The first-order chi connectivity index (χ1) is 16.7. The van der Waals surface area contributed by atoms with Crippen molar-refractivity contribution in [3.63, 3.8) is 0 Å². The predicted molar refractivity (Wildman–Crippen MR) is 137 cm³/mol. The van der Waals surface area contributed by atoms with Crippen molar-refractivity contribution in [3.05, 3.63) is 83.2 Å². The van der Waals surface area contributed by atoms with E-state index in [9.17, 15) is 9.18 Å². The number of halogens is 1. The molecule has 0 aliphatic carbocycles. The molecule has 180 valence electrons. The molecule has 2 aliphatic rings. The number of hydrogen-bond acceptors (Lipinski definition) is 4. The summed E-state index contributed by atoms with van der Waals surface area (Å²) in [4.78, 5) is 15.7. The zero-order valence-corrected chi connectivity index (χ0v) is 20.7. The lowest BCUT2D eigenvalue weighted by Crippen LogP contribution is -2.72. The lowest BCUT2D eigenvalue weighted by molar-refractivity contribution is -0.130. The van der Waals surface area contributed by atoms with Crippen LogP contribution in [0, 0.1) is 25.6 Å². The lowest BCUT2D eigenvalue weighted by Gasteiger charge is -2.56. The van der Waals surface area contributed by atoms with Gasteiger partial charge in [-0.1, -0.05) is 29.8 Å². The molecule has 3 aromatic carbocycles. The molecule has 0 aromatic heterocycles. The summed E-state index contributed by atoms with van der Waals surface area (Å²) in [6.45, 7) is 5.80. The first-order valence-electron chi connectivity index (χ1n) is 11.3. The van der Waals surface area contributed by atoms with Crippen molar-refractivity contribution in [1.29, 1.82) is 0 Å². The summed E-state index contributed by atoms with van der Waals surface area (Å²) in [5.74, 6) is -0.200. The van der Waals surface area contributed by atoms with Gasteiger partial charge in [-0.05, 0) is 75.0 Å². The van der Waals surface area contributed by atoms with E-state index >= 15 is 0 Å². The molecule has 0 radical (unpaired) electrons. The fraction of sp³-hybridized carbons (Fsp3) is 0.259. The molecule has 1 amide bonds. The van der Waals surface area contributed by atoms with Gasteiger partial charge in [0.1, 0.15) is 11.7 Å². The minimum atomic E-state index is -1.23. The van der Waals surface area contributed by atoms with Crippen LogP contribution in [0.25, 0.3) is 0 Å². The maximum atomic E-state index is 13.9. The molecule has 0 spiro atoms. The fourth-order valence-electron chi connectivity index (χ4n) is 5.07. The molecule has 3 aromatic rings. The van der Waals surface area contributed by atoms with Crippen LogP contribution in [0.15, 0.2) is 60.7 Å². The number of carbonyl (C=O) groups is 1. The van der Waals surface area contributed by atoms with Crippen LogP contribution >= 0.6 is 12.2 Å². The van der Waals surface area contributed by atoms with Gasteiger partial charge < -0.3 is 20.1 Å². The van der Waals surface area contributed by atoms with E-state index in [0.29, 0.717) is 22.3 Å². The first kappa shape index (κ1) is 23.1. The van der Waals surface area contributed by atoms with Crippen LogP contribution in [0.5, 0.6) is 11.5 Å². The van der Waals surface area contributed by atoms with E-state index in [1.807, 2.05) is 57.2 Å². The number of benzene rings is 3. The van der Waals surface area contributed by atoms with E-state index in [2.05, 4.69) is 10.6 Å². The number of methoxy groups -OCH3 is 1. The third-order valence-corrected chi connectivity index (χ3v) is 7.02. The fourth-order valence-corrected chi connectivity index (χ4v) is 5.49. The minimum Gasteiger partial charge on any atom is -0.493 e. The Morgan fingerprint density at radius 2 is 1.91 bits per heavy atom. The number of nitrogens with one attached hydrogen (secondary N) is 2. The van der Waals surface area contributed by atoms with Crippen LogP contribution in [-0.2, 0) is 4.79 Å². The Morgan fingerprint density at radius 3 is 2.60 bits per heavy atom. The van der Waals surface area contributed by atoms with Gasteiger partial charge in [-0.15, -0.1) is 0 Å². The van der Waals surface area contributed by atoms with Crippen LogP contribution in [0.2, 0.25) is 0 Å². The van der Waals surface area contributed by atoms with Crippen LogP contribution < -0.4 is 25.0 Å². The SMILES string of the molecule is COc1cccc2c1O[C@@]1(C)[C@@H](C(=O)Nc3ccc(C)cc3C)[C@@H]2NC(=S)N1c1ccc(F)cc1. The van der Waals surface area contributed by atoms with Crippen LogP contribution in [-0.4, -0.2) is 23.9 Å². The highest BCUT2D eigenvalue weighted by Gasteiger charge is 2.59. The number of ether oxygens (including phenoxy) is 2. The van der Waals surface area contributed by atoms with Gasteiger partial charge in [-0.3, -0.25) is 9.69 Å². The Labute approximate surface area is 209 Å². The molecule has 3 atom stereocenters. The zero-order chi connectivity index (χ0) is 24.9. The number of amides is 1. The van der Waals surface area contributed by atoms with E-state index in [1.165, 1.54) is 12.1 Å². The molecule has 5 rings (SSSR count). The maximum absolute atomic E-state index is 13.9. The Hall–Kier alpha value is -3.65. The summed E-state index contributed by atoms with van der Waals surface area (Å²) in [5, 5.41) is 6.83. The molecule has 6 nitrogen and oxygen atoms in total. The number of rotatable bonds is 4. The average molecular weight is 492 g/mol. The third-order valence-electron chi connectivity index (χ3n) is 6.72. The predicted octanol–water partition coefficient (Wildman–Crippen LogP) is 5.25. The van der Waals surface area contributed by atoms with Gasteiger partial charge in [0.25, 0.3) is 0 Å². The Balaban J connectivity index is 1.64. The van der Waals surface area contributed by atoms with Crippen LogP contribution in [0.3, 0.4) is 0 Å². The smallest absolute Gasteiger partial charge is 0.236 e. The average Bonchev–Trinajstić information content (AvgIpc) is 2.81. The minimum absolute atomic E-state index is 0.222. The molecular weight excluding hydrogens is 465 g/mol. The number of aryl methyl sites for hydroxylation is 2. The summed E-state index contributed by atoms with van der Waals surface area (Å²) < 4.78 is 25.9. The maximum Gasteiger partial charge on any atom is 0.236 e. The van der Waals surface area contributed by atoms with E-state index in [0.717, 1.165) is 22.4 Å². The summed E-state index contributed by atoms with van der Waals surface area (Å²) in [5.41, 5.74) is 2.97. The van der Waals surface area contributed by atoms with Crippen LogP contribution in [0.1, 0.15) is 29.7 Å². The molecule has 2 N–H and O–H groups in total. The summed E-state index contributed by atoms with van der Waals surface area (Å²) in [6.07, 6.45) is 0. The molecule has 0 saturated carbocycles. The normalized spacial score (nSPS) is 22.5. The molecule has 1 fully saturated rings. The van der Waals surface area contributed by atoms with Crippen LogP contribution in [0.4, 0.5) is 15.8 Å². The van der Waals surface area contributed by atoms with Crippen molar-refractivity contribution in [2.75, 3.05) is 17.3 Å². The summed E-state index contributed by atoms with van der Waals surface area (Å²) in [6, 6.07) is 17.0. The monoisotopic (exact) mass is 491 g/mol. The number of nitrogens with zero attached hydrogens (tertiary/aromatic N) is 1. The van der Waals surface area contributed by atoms with Crippen molar-refractivity contribution in [3.8, 4) is 11.5 Å². The molecule has 35 heavy (non-hydrogen) atoms. The molecule has 0 unspecified atom stereocenters. The van der Waals surface area contributed by atoms with Gasteiger partial charge in [-0.2, -0.15) is 0 Å². The molecule has 2 bridgehead atoms. The summed E-state index contributed by atoms with van der Waals surface area (Å²) >= 11 is 5.74. The standard InChI is InChI=1S/C27H26FN3O3S/c1-15-8-13-20(16(2)14-15)29-25(32)22-23-19-6-5-7-21(33-4)24(19)34-27(22,3)31(26(35)30-23)18-11-9-17(28)10-12-18/h5-14,22-23H,1-4H3,(H,29,32)(H,30,35)/t22-,23-,27+/m1/s1. The molecule has 2 aliphatic heterocycles. The van der Waals surface area contributed by atoms with Crippen molar-refractivity contribution >= 4 is 34.6 Å². The largest absolute Gasteiger partial charge is 0.493 e. The third kappa shape index (κ3) is 3.78. The van der Waals surface area contributed by atoms with Gasteiger partial charge in [0, 0.05) is 16.9 Å². The Kier molecular flexibility index (Phi) is 5.63. The molecular formula is C27H26FN3O3S. The van der Waals surface area contributed by atoms with Gasteiger partial charge in [0.2, 0.25) is 5.91 Å². The van der Waals surface area contributed by atoms with Gasteiger partial charge in [0.15, 0.2) is 22.3 Å². The lowest BCUT2D eigenvalue weighted by atomic mass is 9.78. The quantitative estimate of drug-likeness (QED) is 0.486. The number of fused-ring (bicyclic) bond motifs is 4. The second kappa shape index (κ2) is 8.53. The van der Waals surface area contributed by atoms with Gasteiger partial charge in [0.05, 0.1) is 13.2 Å². The zero-order valence-electron chi connectivity index (χ0n) is 19.9. The van der Waals surface area contributed by atoms with Gasteiger partial charge in [-0.25, -0.2) is 4.39 Å². The van der Waals surface area contributed by atoms with Crippen molar-refractivity contribution in [2.24, 2.45) is 5.92 Å². The van der Waals surface area contributed by atoms with Crippen molar-refractivity contribution < 1.29 is 18.7 Å². The summed E-state index contributed by atoms with van der Waals surface area (Å²) in [7, 11) is 1.58. The highest BCUT2D eigenvalue weighted by Crippen LogP contribution is 2.52. The highest BCUT2D eigenvalue weighted by atomic mass is 32.1. The highest BCUT2D eigenvalue weighted by molar-refractivity contribution is 7.80. The first-order valence-corrected chi connectivity index (χ1v) is 11.7. The second-order valence-electron chi connectivity index (χ2n) is 9.06. The van der Waals surface area contributed by atoms with E-state index in [-0.39, 0.29) is 11.7 Å². The number of carbonyl (C=O) groups excluding carboxylic acids is 1. The topological polar surface area (TPSA) is 62.8 Å². The van der Waals surface area contributed by atoms with E-state index < -0.39 is 17.7 Å². The Morgan fingerprint density at radius 1 is 1.17 bits per heavy atom. The van der Waals surface area contributed by atoms with E-state index in [4.69, 9.17) is 21.7 Å². The molecule has 1 saturated heterocycles. The van der Waals surface area contributed by atoms with E-state index in [1.54, 1.807) is 24.1 Å². The van der Waals surface area contributed by atoms with Gasteiger partial charge >= 0.3 is 0 Å². The number of hydrogen-bond donors (Lipinski definition) is 2. The molecule has 2 heterocycles. The van der Waals surface area contributed by atoms with Crippen molar-refractivity contribution in [1.82, 2.24) is 5.32 Å². The number of anilines is 2. The Bertz CT molecular complexity index is 1330. The number of thiocarbonyl (C=S) groups is 1. The van der Waals surface area contributed by atoms with Crippen molar-refractivity contribution in [2.45, 2.75) is 32.5 Å². The molecule has 8 heteroatoms. The number of para-hydroxylation sites is 1.